The fraction of sp³-hybridized carbons (Fsp3) is 0.292. The van der Waals surface area contributed by atoms with E-state index in [4.69, 9.17) is 11.6 Å². The van der Waals surface area contributed by atoms with Gasteiger partial charge >= 0.3 is 0 Å². The van der Waals surface area contributed by atoms with Crippen LogP contribution >= 0.6 is 11.6 Å². The van der Waals surface area contributed by atoms with Crippen molar-refractivity contribution in [2.24, 2.45) is 0 Å². The molecule has 1 saturated heterocycles. The highest BCUT2D eigenvalue weighted by atomic mass is 35.5. The average molecular weight is 421 g/mol. The van der Waals surface area contributed by atoms with Gasteiger partial charge in [0.1, 0.15) is 0 Å². The maximum atomic E-state index is 13.1. The summed E-state index contributed by atoms with van der Waals surface area (Å²) >= 11 is 6.24. The van der Waals surface area contributed by atoms with Crippen molar-refractivity contribution in [2.75, 3.05) is 37.4 Å². The third-order valence-corrected chi connectivity index (χ3v) is 6.58. The summed E-state index contributed by atoms with van der Waals surface area (Å²) in [5.41, 5.74) is 5.01. The molecule has 30 heavy (non-hydrogen) atoms. The maximum absolute atomic E-state index is 13.1. The first kappa shape index (κ1) is 19.1. The van der Waals surface area contributed by atoms with Gasteiger partial charge in [-0.2, -0.15) is 0 Å². The van der Waals surface area contributed by atoms with E-state index in [1.54, 1.807) is 0 Å². The van der Waals surface area contributed by atoms with Gasteiger partial charge in [-0.3, -0.25) is 4.79 Å². The molecule has 5 nitrogen and oxygen atoms in total. The van der Waals surface area contributed by atoms with Crippen molar-refractivity contribution in [3.8, 4) is 5.69 Å². The zero-order valence-electron chi connectivity index (χ0n) is 17.2. The molecule has 3 aromatic rings. The Kier molecular flexibility index (Phi) is 4.51. The molecule has 1 aromatic heterocycles. The zero-order valence-corrected chi connectivity index (χ0v) is 18.0. The van der Waals surface area contributed by atoms with Crippen LogP contribution in [-0.2, 0) is 5.54 Å². The molecule has 0 unspecified atom stereocenters. The lowest BCUT2D eigenvalue weighted by atomic mass is 9.82. The van der Waals surface area contributed by atoms with Crippen LogP contribution in [0.2, 0.25) is 5.02 Å². The van der Waals surface area contributed by atoms with E-state index in [-0.39, 0.29) is 11.4 Å². The number of benzene rings is 2. The lowest BCUT2D eigenvalue weighted by Gasteiger charge is -2.46. The summed E-state index contributed by atoms with van der Waals surface area (Å²) in [6, 6.07) is 18.1. The Bertz CT molecular complexity index is 1110. The number of likely N-dealkylation sites (tertiary alicyclic amines) is 1. The van der Waals surface area contributed by atoms with Crippen molar-refractivity contribution in [2.45, 2.75) is 18.4 Å². The van der Waals surface area contributed by atoms with Gasteiger partial charge in [0, 0.05) is 55.3 Å². The number of fused-ring (bicyclic) bond motifs is 4. The van der Waals surface area contributed by atoms with Crippen LogP contribution in [0.15, 0.2) is 60.8 Å². The molecular formula is C24H25ClN4O. The number of carbonyl (C=O) groups excluding carboxylic acids is 1. The highest BCUT2D eigenvalue weighted by Gasteiger charge is 2.42. The number of amides is 1. The normalized spacial score (nSPS) is 16.6. The Hall–Kier alpha value is -2.92. The molecule has 1 amide bonds. The third kappa shape index (κ3) is 3.05. The van der Waals surface area contributed by atoms with Gasteiger partial charge in [0.15, 0.2) is 0 Å². The fourth-order valence-corrected chi connectivity index (χ4v) is 4.85. The minimum absolute atomic E-state index is 0.104. The number of hydrogen-bond acceptors (Lipinski definition) is 3. The molecule has 3 heterocycles. The molecule has 2 aromatic carbocycles. The van der Waals surface area contributed by atoms with E-state index in [9.17, 15) is 4.79 Å². The van der Waals surface area contributed by atoms with E-state index in [0.29, 0.717) is 13.1 Å². The summed E-state index contributed by atoms with van der Waals surface area (Å²) in [5, 5.41) is 4.51. The zero-order chi connectivity index (χ0) is 20.9. The molecule has 2 aliphatic rings. The van der Waals surface area contributed by atoms with Crippen molar-refractivity contribution >= 4 is 28.9 Å². The Morgan fingerprint density at radius 3 is 2.63 bits per heavy atom. The summed E-state index contributed by atoms with van der Waals surface area (Å²) in [6.07, 6.45) is 3.81. The van der Waals surface area contributed by atoms with Gasteiger partial charge in [-0.25, -0.2) is 0 Å². The number of rotatable bonds is 2. The number of piperidine rings is 1. The number of nitrogens with one attached hydrogen (secondary N) is 1. The number of anilines is 2. The second kappa shape index (κ2) is 7.10. The standard InChI is InChI=1S/C24H25ClN4O/c1-27(2)19-6-3-5-17(15-19)23(30)28-13-10-24(11-14-28)22-7-4-12-29(22)21-16-18(25)8-9-20(21)26-24/h3-9,12,15-16,26H,10-11,13-14H2,1-2H3. The molecule has 5 rings (SSSR count). The SMILES string of the molecule is CN(C)c1cccc(C(=O)N2CCC3(CC2)Nc2ccc(Cl)cc2-n2cccc23)c1. The van der Waals surface area contributed by atoms with Gasteiger partial charge < -0.3 is 19.7 Å². The van der Waals surface area contributed by atoms with Crippen LogP contribution in [0.3, 0.4) is 0 Å². The summed E-state index contributed by atoms with van der Waals surface area (Å²) in [5.74, 6) is 0.104. The van der Waals surface area contributed by atoms with E-state index in [2.05, 4.69) is 28.2 Å². The molecule has 0 radical (unpaired) electrons. The second-order valence-corrected chi connectivity index (χ2v) is 8.81. The van der Waals surface area contributed by atoms with Crippen molar-refractivity contribution < 1.29 is 4.79 Å². The fourth-order valence-electron chi connectivity index (χ4n) is 4.68. The Morgan fingerprint density at radius 2 is 1.87 bits per heavy atom. The molecule has 2 aliphatic heterocycles. The number of nitrogens with zero attached hydrogens (tertiary/aromatic N) is 3. The second-order valence-electron chi connectivity index (χ2n) is 8.37. The number of hydrogen-bond donors (Lipinski definition) is 1. The van der Waals surface area contributed by atoms with Crippen molar-refractivity contribution in [3.05, 3.63) is 77.1 Å². The topological polar surface area (TPSA) is 40.5 Å². The first-order valence-electron chi connectivity index (χ1n) is 10.3. The van der Waals surface area contributed by atoms with E-state index in [0.717, 1.165) is 40.5 Å². The van der Waals surface area contributed by atoms with E-state index in [1.807, 2.05) is 66.4 Å². The van der Waals surface area contributed by atoms with Crippen molar-refractivity contribution in [1.29, 1.82) is 0 Å². The molecule has 0 aliphatic carbocycles. The first-order valence-corrected chi connectivity index (χ1v) is 10.7. The summed E-state index contributed by atoms with van der Waals surface area (Å²) in [6.45, 7) is 1.43. The predicted octanol–water partition coefficient (Wildman–Crippen LogP) is 4.75. The van der Waals surface area contributed by atoms with Crippen LogP contribution in [-0.4, -0.2) is 42.6 Å². The molecule has 0 atom stereocenters. The minimum atomic E-state index is -0.174. The highest BCUT2D eigenvalue weighted by molar-refractivity contribution is 6.30. The molecule has 1 N–H and O–H groups in total. The van der Waals surface area contributed by atoms with E-state index >= 15 is 0 Å². The molecule has 1 fully saturated rings. The quantitative estimate of drug-likeness (QED) is 0.650. The van der Waals surface area contributed by atoms with E-state index < -0.39 is 0 Å². The maximum Gasteiger partial charge on any atom is 0.253 e. The van der Waals surface area contributed by atoms with Crippen LogP contribution in [0.5, 0.6) is 0 Å². The van der Waals surface area contributed by atoms with Gasteiger partial charge in [-0.1, -0.05) is 17.7 Å². The molecule has 6 heteroatoms. The number of aromatic nitrogens is 1. The van der Waals surface area contributed by atoms with Gasteiger partial charge in [-0.05, 0) is 61.4 Å². The van der Waals surface area contributed by atoms with Crippen LogP contribution in [0.25, 0.3) is 5.69 Å². The molecule has 0 saturated carbocycles. The van der Waals surface area contributed by atoms with Crippen molar-refractivity contribution in [3.63, 3.8) is 0 Å². The first-order chi connectivity index (χ1) is 14.5. The Balaban J connectivity index is 1.39. The van der Waals surface area contributed by atoms with Crippen LogP contribution < -0.4 is 10.2 Å². The monoisotopic (exact) mass is 420 g/mol. The predicted molar refractivity (Wildman–Crippen MR) is 122 cm³/mol. The molecule has 154 valence electrons. The highest BCUT2D eigenvalue weighted by Crippen LogP contribution is 2.44. The Labute approximate surface area is 181 Å². The van der Waals surface area contributed by atoms with Crippen LogP contribution in [0, 0.1) is 0 Å². The van der Waals surface area contributed by atoms with Crippen molar-refractivity contribution in [1.82, 2.24) is 9.47 Å². The lowest BCUT2D eigenvalue weighted by molar-refractivity contribution is 0.0676. The van der Waals surface area contributed by atoms with Gasteiger partial charge in [0.25, 0.3) is 5.91 Å². The van der Waals surface area contributed by atoms with Gasteiger partial charge in [0.05, 0.1) is 16.9 Å². The van der Waals surface area contributed by atoms with Gasteiger partial charge in [0.2, 0.25) is 0 Å². The summed E-state index contributed by atoms with van der Waals surface area (Å²) < 4.78 is 2.23. The van der Waals surface area contributed by atoms with E-state index in [1.165, 1.54) is 5.69 Å². The molecular weight excluding hydrogens is 396 g/mol. The Morgan fingerprint density at radius 1 is 1.07 bits per heavy atom. The smallest absolute Gasteiger partial charge is 0.253 e. The molecule has 0 bridgehead atoms. The van der Waals surface area contributed by atoms with Crippen LogP contribution in [0.1, 0.15) is 28.9 Å². The van der Waals surface area contributed by atoms with Crippen LogP contribution in [0.4, 0.5) is 11.4 Å². The average Bonchev–Trinajstić information content (AvgIpc) is 3.26. The largest absolute Gasteiger partial charge is 0.378 e. The van der Waals surface area contributed by atoms with Gasteiger partial charge in [-0.15, -0.1) is 0 Å². The minimum Gasteiger partial charge on any atom is -0.378 e. The lowest BCUT2D eigenvalue weighted by Crippen LogP contribution is -2.51. The molecule has 1 spiro atoms. The summed E-state index contributed by atoms with van der Waals surface area (Å²) in [7, 11) is 3.98. The number of carbonyl (C=O) groups is 1. The number of halogens is 1. The third-order valence-electron chi connectivity index (χ3n) is 6.35. The summed E-state index contributed by atoms with van der Waals surface area (Å²) in [4.78, 5) is 17.1.